The first-order chi connectivity index (χ1) is 9.97. The SMILES string of the molecule is Cc1ccc(OCCNc2nc(C)c(C(=O)[O-])s2)cc1C. The van der Waals surface area contributed by atoms with Gasteiger partial charge in [0, 0.05) is 0 Å². The van der Waals surface area contributed by atoms with Crippen molar-refractivity contribution in [1.29, 1.82) is 0 Å². The van der Waals surface area contributed by atoms with E-state index in [9.17, 15) is 9.90 Å². The van der Waals surface area contributed by atoms with E-state index < -0.39 is 5.97 Å². The maximum atomic E-state index is 10.8. The predicted molar refractivity (Wildman–Crippen MR) is 81.1 cm³/mol. The van der Waals surface area contributed by atoms with Crippen molar-refractivity contribution in [3.8, 4) is 5.75 Å². The van der Waals surface area contributed by atoms with Crippen molar-refractivity contribution in [3.63, 3.8) is 0 Å². The number of nitrogens with zero attached hydrogens (tertiary/aromatic N) is 1. The number of carbonyl (C=O) groups is 1. The number of carbonyl (C=O) groups excluding carboxylic acids is 1. The molecule has 0 saturated heterocycles. The lowest BCUT2D eigenvalue weighted by atomic mass is 10.1. The van der Waals surface area contributed by atoms with Gasteiger partial charge in [-0.05, 0) is 44.0 Å². The lowest BCUT2D eigenvalue weighted by molar-refractivity contribution is -0.254. The number of ether oxygens (including phenoxy) is 1. The molecule has 1 aromatic heterocycles. The number of carboxylic acid groups (broad SMARTS) is 1. The Morgan fingerprint density at radius 2 is 2.10 bits per heavy atom. The number of anilines is 1. The fourth-order valence-corrected chi connectivity index (χ4v) is 2.62. The van der Waals surface area contributed by atoms with Crippen molar-refractivity contribution in [2.45, 2.75) is 20.8 Å². The van der Waals surface area contributed by atoms with Gasteiger partial charge in [-0.2, -0.15) is 0 Å². The quantitative estimate of drug-likeness (QED) is 0.825. The van der Waals surface area contributed by atoms with Crippen LogP contribution in [0.4, 0.5) is 5.13 Å². The fourth-order valence-electron chi connectivity index (χ4n) is 1.79. The Morgan fingerprint density at radius 3 is 2.71 bits per heavy atom. The summed E-state index contributed by atoms with van der Waals surface area (Å²) in [5, 5.41) is 14.4. The van der Waals surface area contributed by atoms with Crippen molar-refractivity contribution < 1.29 is 14.6 Å². The van der Waals surface area contributed by atoms with Crippen LogP contribution in [0.5, 0.6) is 5.75 Å². The van der Waals surface area contributed by atoms with E-state index in [0.29, 0.717) is 24.0 Å². The average molecular weight is 305 g/mol. The van der Waals surface area contributed by atoms with Crippen LogP contribution < -0.4 is 15.2 Å². The van der Waals surface area contributed by atoms with Crippen molar-refractivity contribution in [3.05, 3.63) is 39.9 Å². The van der Waals surface area contributed by atoms with Gasteiger partial charge in [0.25, 0.3) is 0 Å². The molecular formula is C15H17N2O3S-. The zero-order chi connectivity index (χ0) is 15.4. The van der Waals surface area contributed by atoms with Crippen LogP contribution in [-0.2, 0) is 0 Å². The second kappa shape index (κ2) is 6.58. The van der Waals surface area contributed by atoms with Crippen LogP contribution in [0, 0.1) is 20.8 Å². The number of benzene rings is 1. The van der Waals surface area contributed by atoms with Gasteiger partial charge in [-0.3, -0.25) is 0 Å². The lowest BCUT2D eigenvalue weighted by Gasteiger charge is -2.08. The molecule has 0 aliphatic rings. The maximum Gasteiger partial charge on any atom is 0.183 e. The number of hydrogen-bond donors (Lipinski definition) is 1. The number of thiazole rings is 1. The van der Waals surface area contributed by atoms with Gasteiger partial charge in [-0.1, -0.05) is 17.4 Å². The summed E-state index contributed by atoms with van der Waals surface area (Å²) in [5.74, 6) is -0.366. The zero-order valence-corrected chi connectivity index (χ0v) is 13.0. The summed E-state index contributed by atoms with van der Waals surface area (Å²) < 4.78 is 5.63. The third-order valence-corrected chi connectivity index (χ3v) is 4.20. The van der Waals surface area contributed by atoms with Crippen molar-refractivity contribution in [2.75, 3.05) is 18.5 Å². The summed E-state index contributed by atoms with van der Waals surface area (Å²) >= 11 is 1.08. The minimum absolute atomic E-state index is 0.160. The Balaban J connectivity index is 1.83. The van der Waals surface area contributed by atoms with Crippen molar-refractivity contribution >= 4 is 22.4 Å². The van der Waals surface area contributed by atoms with Crippen LogP contribution in [0.25, 0.3) is 0 Å². The average Bonchev–Trinajstić information content (AvgIpc) is 2.80. The Hall–Kier alpha value is -2.08. The number of hydrogen-bond acceptors (Lipinski definition) is 6. The first kappa shape index (κ1) is 15.3. The molecule has 0 atom stereocenters. The van der Waals surface area contributed by atoms with Gasteiger partial charge >= 0.3 is 0 Å². The molecule has 1 heterocycles. The topological polar surface area (TPSA) is 74.3 Å². The number of aromatic carboxylic acids is 1. The monoisotopic (exact) mass is 305 g/mol. The van der Waals surface area contributed by atoms with Crippen LogP contribution >= 0.6 is 11.3 Å². The summed E-state index contributed by atoms with van der Waals surface area (Å²) in [6.45, 7) is 6.77. The van der Waals surface area contributed by atoms with Crippen LogP contribution in [0.2, 0.25) is 0 Å². The highest BCUT2D eigenvalue weighted by Crippen LogP contribution is 2.21. The standard InChI is InChI=1S/C15H18N2O3S/c1-9-4-5-12(8-10(9)2)20-7-6-16-15-17-11(3)13(21-15)14(18)19/h4-5,8H,6-7H2,1-3H3,(H,16,17)(H,18,19)/p-1. The van der Waals surface area contributed by atoms with Crippen LogP contribution in [0.3, 0.4) is 0 Å². The van der Waals surface area contributed by atoms with Gasteiger partial charge in [0.05, 0.1) is 23.1 Å². The van der Waals surface area contributed by atoms with Gasteiger partial charge < -0.3 is 20.0 Å². The highest BCUT2D eigenvalue weighted by atomic mass is 32.1. The molecule has 1 aromatic carbocycles. The lowest BCUT2D eigenvalue weighted by Crippen LogP contribution is -2.21. The second-order valence-electron chi connectivity index (χ2n) is 4.74. The minimum atomic E-state index is -1.19. The Kier molecular flexibility index (Phi) is 4.80. The molecule has 0 saturated carbocycles. The van der Waals surface area contributed by atoms with Gasteiger partial charge in [0.2, 0.25) is 0 Å². The van der Waals surface area contributed by atoms with Gasteiger partial charge in [-0.25, -0.2) is 4.98 Å². The van der Waals surface area contributed by atoms with E-state index in [1.54, 1.807) is 6.92 Å². The molecule has 0 aliphatic heterocycles. The smallest absolute Gasteiger partial charge is 0.183 e. The van der Waals surface area contributed by atoms with Gasteiger partial charge in [0.1, 0.15) is 12.4 Å². The fraction of sp³-hybridized carbons (Fsp3) is 0.333. The number of rotatable bonds is 6. The third kappa shape index (κ3) is 3.95. The molecule has 112 valence electrons. The molecule has 5 nitrogen and oxygen atoms in total. The molecule has 0 radical (unpaired) electrons. The molecule has 0 spiro atoms. The molecule has 21 heavy (non-hydrogen) atoms. The van der Waals surface area contributed by atoms with E-state index in [1.165, 1.54) is 11.1 Å². The predicted octanol–water partition coefficient (Wildman–Crippen LogP) is 1.92. The number of aromatic nitrogens is 1. The molecule has 0 bridgehead atoms. The Bertz CT molecular complexity index is 652. The molecule has 0 amide bonds. The third-order valence-electron chi connectivity index (χ3n) is 3.11. The summed E-state index contributed by atoms with van der Waals surface area (Å²) in [4.78, 5) is 15.1. The minimum Gasteiger partial charge on any atom is -0.544 e. The Morgan fingerprint density at radius 1 is 1.33 bits per heavy atom. The van der Waals surface area contributed by atoms with E-state index >= 15 is 0 Å². The van der Waals surface area contributed by atoms with Crippen LogP contribution in [0.15, 0.2) is 18.2 Å². The Labute approximate surface area is 127 Å². The largest absolute Gasteiger partial charge is 0.544 e. The van der Waals surface area contributed by atoms with Crippen LogP contribution in [-0.4, -0.2) is 24.1 Å². The maximum absolute atomic E-state index is 10.8. The first-order valence-electron chi connectivity index (χ1n) is 6.60. The zero-order valence-electron chi connectivity index (χ0n) is 12.2. The molecule has 1 N–H and O–H groups in total. The molecule has 0 unspecified atom stereocenters. The van der Waals surface area contributed by atoms with Crippen LogP contribution in [0.1, 0.15) is 26.5 Å². The summed E-state index contributed by atoms with van der Waals surface area (Å²) in [7, 11) is 0. The molecule has 0 aliphatic carbocycles. The van der Waals surface area contributed by atoms with E-state index in [2.05, 4.69) is 17.2 Å². The normalized spacial score (nSPS) is 10.4. The molecule has 6 heteroatoms. The van der Waals surface area contributed by atoms with Crippen molar-refractivity contribution in [2.24, 2.45) is 0 Å². The first-order valence-corrected chi connectivity index (χ1v) is 7.41. The summed E-state index contributed by atoms with van der Waals surface area (Å²) in [5.41, 5.74) is 2.89. The van der Waals surface area contributed by atoms with E-state index in [0.717, 1.165) is 17.1 Å². The summed E-state index contributed by atoms with van der Waals surface area (Å²) in [6, 6.07) is 5.95. The van der Waals surface area contributed by atoms with E-state index in [1.807, 2.05) is 25.1 Å². The van der Waals surface area contributed by atoms with E-state index in [4.69, 9.17) is 4.74 Å². The highest BCUT2D eigenvalue weighted by Gasteiger charge is 2.07. The molecule has 0 fully saturated rings. The summed E-state index contributed by atoms with van der Waals surface area (Å²) in [6.07, 6.45) is 0. The molecular weight excluding hydrogens is 288 g/mol. The molecule has 2 rings (SSSR count). The van der Waals surface area contributed by atoms with E-state index in [-0.39, 0.29) is 4.88 Å². The number of aryl methyl sites for hydroxylation is 3. The number of nitrogens with one attached hydrogen (secondary N) is 1. The molecule has 2 aromatic rings. The van der Waals surface area contributed by atoms with Gasteiger partial charge in [0.15, 0.2) is 5.13 Å². The highest BCUT2D eigenvalue weighted by molar-refractivity contribution is 7.17. The van der Waals surface area contributed by atoms with Crippen molar-refractivity contribution in [1.82, 2.24) is 4.98 Å². The number of carboxylic acids is 1. The second-order valence-corrected chi connectivity index (χ2v) is 5.74. The van der Waals surface area contributed by atoms with Gasteiger partial charge in [-0.15, -0.1) is 0 Å².